The fourth-order valence-electron chi connectivity index (χ4n) is 1.52. The average molecular weight is 352 g/mol. The molecule has 0 radical (unpaired) electrons. The Hall–Kier alpha value is -0.630. The smallest absolute Gasteiger partial charge is 0.241 e. The van der Waals surface area contributed by atoms with Crippen LogP contribution < -0.4 is 9.88 Å². The van der Waals surface area contributed by atoms with Gasteiger partial charge in [-0.15, -0.1) is 0 Å². The third-order valence-corrected chi connectivity index (χ3v) is 3.67. The SMILES string of the molecule is Cc1cc(Br)cc(S(N)(=O)=O)c1OCCOC(C)C. The first kappa shape index (κ1) is 16.4. The maximum Gasteiger partial charge on any atom is 0.241 e. The molecule has 0 atom stereocenters. The second-order valence-corrected chi connectivity index (χ2v) is 6.81. The number of hydrogen-bond acceptors (Lipinski definition) is 4. The number of halogens is 1. The van der Waals surface area contributed by atoms with Gasteiger partial charge in [-0.1, -0.05) is 15.9 Å². The van der Waals surface area contributed by atoms with Crippen LogP contribution in [0.25, 0.3) is 0 Å². The first-order valence-electron chi connectivity index (χ1n) is 5.79. The number of aryl methyl sites for hydroxylation is 1. The second-order valence-electron chi connectivity index (χ2n) is 4.36. The monoisotopic (exact) mass is 351 g/mol. The van der Waals surface area contributed by atoms with Crippen molar-refractivity contribution in [1.82, 2.24) is 0 Å². The summed E-state index contributed by atoms with van der Waals surface area (Å²) in [5, 5.41) is 5.19. The molecular weight excluding hydrogens is 334 g/mol. The summed E-state index contributed by atoms with van der Waals surface area (Å²) in [6.07, 6.45) is 0.104. The van der Waals surface area contributed by atoms with Crippen molar-refractivity contribution >= 4 is 26.0 Å². The molecule has 1 aromatic rings. The van der Waals surface area contributed by atoms with Crippen LogP contribution in [0.5, 0.6) is 5.75 Å². The summed E-state index contributed by atoms with van der Waals surface area (Å²) < 4.78 is 34.6. The maximum absolute atomic E-state index is 11.5. The van der Waals surface area contributed by atoms with Crippen molar-refractivity contribution in [3.05, 3.63) is 22.2 Å². The summed E-state index contributed by atoms with van der Waals surface area (Å²) in [7, 11) is -3.83. The molecule has 7 heteroatoms. The minimum atomic E-state index is -3.83. The number of sulfonamides is 1. The first-order valence-corrected chi connectivity index (χ1v) is 8.13. The standard InChI is InChI=1S/C12H18BrNO4S/c1-8(2)17-4-5-18-12-9(3)6-10(13)7-11(12)19(14,15)16/h6-8H,4-5H2,1-3H3,(H2,14,15,16). The van der Waals surface area contributed by atoms with Crippen LogP contribution in [0.1, 0.15) is 19.4 Å². The van der Waals surface area contributed by atoms with Crippen LogP contribution in [0.4, 0.5) is 0 Å². The van der Waals surface area contributed by atoms with E-state index < -0.39 is 10.0 Å². The van der Waals surface area contributed by atoms with Crippen molar-refractivity contribution in [2.75, 3.05) is 13.2 Å². The Morgan fingerprint density at radius 2 is 1.95 bits per heavy atom. The van der Waals surface area contributed by atoms with Crippen molar-refractivity contribution in [1.29, 1.82) is 0 Å². The normalized spacial score (nSPS) is 11.9. The van der Waals surface area contributed by atoms with Gasteiger partial charge >= 0.3 is 0 Å². The lowest BCUT2D eigenvalue weighted by atomic mass is 10.2. The lowest BCUT2D eigenvalue weighted by molar-refractivity contribution is 0.0544. The van der Waals surface area contributed by atoms with E-state index in [1.807, 2.05) is 13.8 Å². The fourth-order valence-corrected chi connectivity index (χ4v) is 3.02. The molecule has 108 valence electrons. The second kappa shape index (κ2) is 6.69. The zero-order chi connectivity index (χ0) is 14.6. The topological polar surface area (TPSA) is 78.6 Å². The molecule has 0 aliphatic heterocycles. The summed E-state index contributed by atoms with van der Waals surface area (Å²) in [5.41, 5.74) is 0.697. The van der Waals surface area contributed by atoms with Gasteiger partial charge in [-0.2, -0.15) is 0 Å². The number of ether oxygens (including phenoxy) is 2. The van der Waals surface area contributed by atoms with Crippen LogP contribution in [0.15, 0.2) is 21.5 Å². The molecule has 0 heterocycles. The highest BCUT2D eigenvalue weighted by atomic mass is 79.9. The zero-order valence-electron chi connectivity index (χ0n) is 11.1. The van der Waals surface area contributed by atoms with E-state index in [9.17, 15) is 8.42 Å². The van der Waals surface area contributed by atoms with Gasteiger partial charge in [-0.05, 0) is 38.5 Å². The molecular formula is C12H18BrNO4S. The van der Waals surface area contributed by atoms with Gasteiger partial charge in [0.2, 0.25) is 10.0 Å². The Balaban J connectivity index is 2.93. The summed E-state index contributed by atoms with van der Waals surface area (Å²) >= 11 is 3.24. The fraction of sp³-hybridized carbons (Fsp3) is 0.500. The van der Waals surface area contributed by atoms with E-state index in [0.29, 0.717) is 16.6 Å². The highest BCUT2D eigenvalue weighted by molar-refractivity contribution is 9.10. The number of hydrogen-bond donors (Lipinski definition) is 1. The van der Waals surface area contributed by atoms with Crippen molar-refractivity contribution < 1.29 is 17.9 Å². The molecule has 0 unspecified atom stereocenters. The third kappa shape index (κ3) is 5.10. The van der Waals surface area contributed by atoms with Crippen molar-refractivity contribution in [2.24, 2.45) is 5.14 Å². The van der Waals surface area contributed by atoms with Gasteiger partial charge in [-0.25, -0.2) is 13.6 Å². The van der Waals surface area contributed by atoms with E-state index >= 15 is 0 Å². The molecule has 0 saturated heterocycles. The van der Waals surface area contributed by atoms with E-state index in [-0.39, 0.29) is 23.4 Å². The Labute approximate surface area is 122 Å². The lowest BCUT2D eigenvalue weighted by Crippen LogP contribution is -2.17. The minimum absolute atomic E-state index is 0.0241. The van der Waals surface area contributed by atoms with Gasteiger partial charge in [0.25, 0.3) is 0 Å². The molecule has 1 aromatic carbocycles. The third-order valence-electron chi connectivity index (χ3n) is 2.29. The van der Waals surface area contributed by atoms with Crippen LogP contribution >= 0.6 is 15.9 Å². The van der Waals surface area contributed by atoms with Gasteiger partial charge in [0.05, 0.1) is 12.7 Å². The van der Waals surface area contributed by atoms with E-state index in [2.05, 4.69) is 15.9 Å². The van der Waals surface area contributed by atoms with E-state index in [1.165, 1.54) is 6.07 Å². The van der Waals surface area contributed by atoms with Crippen LogP contribution in [0.2, 0.25) is 0 Å². The van der Waals surface area contributed by atoms with E-state index in [4.69, 9.17) is 14.6 Å². The Kier molecular flexibility index (Phi) is 5.79. The quantitative estimate of drug-likeness (QED) is 0.797. The molecule has 1 rings (SSSR count). The van der Waals surface area contributed by atoms with Gasteiger partial charge in [0.1, 0.15) is 17.3 Å². The summed E-state index contributed by atoms with van der Waals surface area (Å²) in [6, 6.07) is 3.20. The summed E-state index contributed by atoms with van der Waals surface area (Å²) in [5.74, 6) is 0.276. The first-order chi connectivity index (χ1) is 8.71. The van der Waals surface area contributed by atoms with Gasteiger partial charge in [0, 0.05) is 4.47 Å². The molecule has 5 nitrogen and oxygen atoms in total. The summed E-state index contributed by atoms with van der Waals surface area (Å²) in [4.78, 5) is -0.0241. The molecule has 19 heavy (non-hydrogen) atoms. The van der Waals surface area contributed by atoms with Crippen molar-refractivity contribution in [2.45, 2.75) is 31.8 Å². The summed E-state index contributed by atoms with van der Waals surface area (Å²) in [6.45, 7) is 6.25. The molecule has 0 saturated carbocycles. The van der Waals surface area contributed by atoms with Crippen LogP contribution in [0, 0.1) is 6.92 Å². The Bertz CT molecular complexity index is 543. The van der Waals surface area contributed by atoms with Gasteiger partial charge in [0.15, 0.2) is 0 Å². The van der Waals surface area contributed by atoms with E-state index in [1.54, 1.807) is 13.0 Å². The molecule has 0 aromatic heterocycles. The molecule has 0 spiro atoms. The predicted octanol–water partition coefficient (Wildman–Crippen LogP) is 2.21. The highest BCUT2D eigenvalue weighted by Gasteiger charge is 2.18. The zero-order valence-corrected chi connectivity index (χ0v) is 13.5. The molecule has 0 bridgehead atoms. The molecule has 0 aliphatic rings. The van der Waals surface area contributed by atoms with Crippen molar-refractivity contribution in [3.63, 3.8) is 0 Å². The highest BCUT2D eigenvalue weighted by Crippen LogP contribution is 2.30. The van der Waals surface area contributed by atoms with Crippen LogP contribution in [-0.2, 0) is 14.8 Å². The average Bonchev–Trinajstić information content (AvgIpc) is 2.24. The number of benzene rings is 1. The van der Waals surface area contributed by atoms with Crippen molar-refractivity contribution in [3.8, 4) is 5.75 Å². The van der Waals surface area contributed by atoms with Gasteiger partial charge in [-0.3, -0.25) is 0 Å². The molecule has 2 N–H and O–H groups in total. The largest absolute Gasteiger partial charge is 0.489 e. The lowest BCUT2D eigenvalue weighted by Gasteiger charge is -2.14. The van der Waals surface area contributed by atoms with Crippen LogP contribution in [-0.4, -0.2) is 27.7 Å². The minimum Gasteiger partial charge on any atom is -0.489 e. The maximum atomic E-state index is 11.5. The van der Waals surface area contributed by atoms with Gasteiger partial charge < -0.3 is 9.47 Å². The molecule has 0 fully saturated rings. The molecule has 0 aliphatic carbocycles. The van der Waals surface area contributed by atoms with E-state index in [0.717, 1.165) is 0 Å². The predicted molar refractivity (Wildman–Crippen MR) is 76.8 cm³/mol. The Morgan fingerprint density at radius 1 is 1.32 bits per heavy atom. The number of rotatable bonds is 6. The molecule has 0 amide bonds. The van der Waals surface area contributed by atoms with Crippen LogP contribution in [0.3, 0.4) is 0 Å². The number of primary sulfonamides is 1. The Morgan fingerprint density at radius 3 is 2.47 bits per heavy atom. The number of nitrogens with two attached hydrogens (primary N) is 1.